The summed E-state index contributed by atoms with van der Waals surface area (Å²) in [5.74, 6) is -1.29. The van der Waals surface area contributed by atoms with E-state index in [2.05, 4.69) is 15.9 Å². The van der Waals surface area contributed by atoms with Gasteiger partial charge in [-0.1, -0.05) is 33.8 Å². The van der Waals surface area contributed by atoms with E-state index in [1.165, 1.54) is 0 Å². The van der Waals surface area contributed by atoms with Crippen molar-refractivity contribution >= 4 is 33.4 Å². The topological polar surface area (TPSA) is 26.0 Å². The van der Waals surface area contributed by atoms with Crippen LogP contribution in [0.4, 0.5) is 14.5 Å². The summed E-state index contributed by atoms with van der Waals surface area (Å²) in [6, 6.07) is 9.46. The van der Waals surface area contributed by atoms with Gasteiger partial charge in [-0.15, -0.1) is 0 Å². The van der Waals surface area contributed by atoms with Gasteiger partial charge in [-0.25, -0.2) is 8.78 Å². The fourth-order valence-corrected chi connectivity index (χ4v) is 2.76. The van der Waals surface area contributed by atoms with Crippen molar-refractivity contribution in [1.82, 2.24) is 0 Å². The van der Waals surface area contributed by atoms with Crippen LogP contribution < -0.4 is 5.73 Å². The van der Waals surface area contributed by atoms with Crippen molar-refractivity contribution in [2.45, 2.75) is 9.79 Å². The molecule has 17 heavy (non-hydrogen) atoms. The second-order valence-corrected chi connectivity index (χ2v) is 5.37. The summed E-state index contributed by atoms with van der Waals surface area (Å²) < 4.78 is 27.9. The largest absolute Gasteiger partial charge is 0.399 e. The van der Waals surface area contributed by atoms with Gasteiger partial charge >= 0.3 is 0 Å². The Bertz CT molecular complexity index is 537. The molecule has 0 unspecified atom stereocenters. The Labute approximate surface area is 110 Å². The Hall–Kier alpha value is -1.07. The highest BCUT2D eigenvalue weighted by atomic mass is 79.9. The normalized spacial score (nSPS) is 10.5. The van der Waals surface area contributed by atoms with E-state index in [0.29, 0.717) is 0 Å². The zero-order valence-electron chi connectivity index (χ0n) is 8.58. The molecule has 5 heteroatoms. The third kappa shape index (κ3) is 2.98. The van der Waals surface area contributed by atoms with Crippen molar-refractivity contribution in [3.63, 3.8) is 0 Å². The van der Waals surface area contributed by atoms with E-state index < -0.39 is 11.6 Å². The predicted octanol–water partition coefficient (Wildman–Crippen LogP) is 4.46. The van der Waals surface area contributed by atoms with Gasteiger partial charge in [0.1, 0.15) is 11.6 Å². The quantitative estimate of drug-likeness (QED) is 0.828. The lowest BCUT2D eigenvalue weighted by Gasteiger charge is -2.06. The van der Waals surface area contributed by atoms with Crippen LogP contribution in [0.25, 0.3) is 0 Å². The fraction of sp³-hybridized carbons (Fsp3) is 0. The Morgan fingerprint density at radius 3 is 2.29 bits per heavy atom. The second kappa shape index (κ2) is 5.06. The molecule has 0 aromatic heterocycles. The van der Waals surface area contributed by atoms with E-state index in [0.717, 1.165) is 33.3 Å². The van der Waals surface area contributed by atoms with Crippen LogP contribution in [0.5, 0.6) is 0 Å². The first-order chi connectivity index (χ1) is 8.06. The minimum absolute atomic E-state index is 0.0442. The number of rotatable bonds is 2. The smallest absolute Gasteiger partial charge is 0.142 e. The number of anilines is 1. The molecule has 0 atom stereocenters. The third-order valence-electron chi connectivity index (χ3n) is 2.04. The molecule has 0 saturated heterocycles. The lowest BCUT2D eigenvalue weighted by Crippen LogP contribution is -1.92. The maximum Gasteiger partial charge on any atom is 0.142 e. The summed E-state index contributed by atoms with van der Waals surface area (Å²) in [6.45, 7) is 0. The molecule has 2 N–H and O–H groups in total. The molecule has 0 bridgehead atoms. The highest BCUT2D eigenvalue weighted by Gasteiger charge is 2.11. The minimum Gasteiger partial charge on any atom is -0.399 e. The summed E-state index contributed by atoms with van der Waals surface area (Å²) >= 11 is 4.33. The molecule has 2 aromatic rings. The van der Waals surface area contributed by atoms with E-state index in [-0.39, 0.29) is 10.6 Å². The SMILES string of the molecule is Nc1cc(F)c(Sc2cccc(Br)c2)c(F)c1. The number of benzene rings is 2. The summed E-state index contributed by atoms with van der Waals surface area (Å²) in [7, 11) is 0. The lowest BCUT2D eigenvalue weighted by molar-refractivity contribution is 0.542. The summed E-state index contributed by atoms with van der Waals surface area (Å²) in [6.07, 6.45) is 0. The standard InChI is InChI=1S/C12H8BrF2NS/c13-7-2-1-3-9(4-7)17-12-10(14)5-8(16)6-11(12)15/h1-6H,16H2. The van der Waals surface area contributed by atoms with Crippen LogP contribution in [0.2, 0.25) is 0 Å². The van der Waals surface area contributed by atoms with Gasteiger partial charge in [0.15, 0.2) is 0 Å². The van der Waals surface area contributed by atoms with Gasteiger partial charge in [0, 0.05) is 15.1 Å². The average molecular weight is 316 g/mol. The van der Waals surface area contributed by atoms with Gasteiger partial charge in [0.05, 0.1) is 4.90 Å². The average Bonchev–Trinajstić information content (AvgIpc) is 2.23. The van der Waals surface area contributed by atoms with E-state index in [9.17, 15) is 8.78 Å². The van der Waals surface area contributed by atoms with Crippen LogP contribution in [0, 0.1) is 11.6 Å². The van der Waals surface area contributed by atoms with E-state index in [4.69, 9.17) is 5.73 Å². The molecule has 0 aliphatic heterocycles. The molecule has 0 amide bonds. The number of hydrogen-bond acceptors (Lipinski definition) is 2. The maximum absolute atomic E-state index is 13.5. The molecule has 1 nitrogen and oxygen atoms in total. The van der Waals surface area contributed by atoms with Gasteiger partial charge in [-0.3, -0.25) is 0 Å². The van der Waals surface area contributed by atoms with Gasteiger partial charge in [0.25, 0.3) is 0 Å². The second-order valence-electron chi connectivity index (χ2n) is 3.37. The molecule has 0 heterocycles. The van der Waals surface area contributed by atoms with Gasteiger partial charge in [-0.05, 0) is 30.3 Å². The van der Waals surface area contributed by atoms with Crippen molar-refractivity contribution < 1.29 is 8.78 Å². The van der Waals surface area contributed by atoms with Crippen LogP contribution in [0.3, 0.4) is 0 Å². The zero-order valence-corrected chi connectivity index (χ0v) is 11.0. The molecular formula is C12H8BrF2NS. The van der Waals surface area contributed by atoms with Crippen LogP contribution in [-0.4, -0.2) is 0 Å². The van der Waals surface area contributed by atoms with Crippen molar-refractivity contribution in [3.05, 3.63) is 52.5 Å². The number of nitrogens with two attached hydrogens (primary N) is 1. The summed E-state index contributed by atoms with van der Waals surface area (Å²) in [5, 5.41) is 0. The first kappa shape index (κ1) is 12.4. The first-order valence-corrected chi connectivity index (χ1v) is 6.35. The molecule has 0 aliphatic carbocycles. The van der Waals surface area contributed by atoms with Gasteiger partial charge in [-0.2, -0.15) is 0 Å². The van der Waals surface area contributed by atoms with E-state index in [1.807, 2.05) is 6.07 Å². The minimum atomic E-state index is -0.646. The van der Waals surface area contributed by atoms with Crippen LogP contribution in [0.15, 0.2) is 50.7 Å². The third-order valence-corrected chi connectivity index (χ3v) is 3.61. The Balaban J connectivity index is 2.36. The molecule has 0 radical (unpaired) electrons. The van der Waals surface area contributed by atoms with Crippen LogP contribution in [0.1, 0.15) is 0 Å². The van der Waals surface area contributed by atoms with E-state index >= 15 is 0 Å². The molecule has 0 saturated carbocycles. The Morgan fingerprint density at radius 1 is 1.06 bits per heavy atom. The van der Waals surface area contributed by atoms with Gasteiger partial charge in [0.2, 0.25) is 0 Å². The van der Waals surface area contributed by atoms with Crippen LogP contribution in [-0.2, 0) is 0 Å². The lowest BCUT2D eigenvalue weighted by atomic mass is 10.3. The van der Waals surface area contributed by atoms with Crippen LogP contribution >= 0.6 is 27.7 Å². The monoisotopic (exact) mass is 315 g/mol. The molecule has 88 valence electrons. The highest BCUT2D eigenvalue weighted by Crippen LogP contribution is 2.34. The highest BCUT2D eigenvalue weighted by molar-refractivity contribution is 9.10. The summed E-state index contributed by atoms with van der Waals surface area (Å²) in [4.78, 5) is 0.708. The molecule has 0 aliphatic rings. The Kier molecular flexibility index (Phi) is 3.69. The fourth-order valence-electron chi connectivity index (χ4n) is 1.33. The predicted molar refractivity (Wildman–Crippen MR) is 69.0 cm³/mol. The van der Waals surface area contributed by atoms with Crippen molar-refractivity contribution in [2.24, 2.45) is 0 Å². The van der Waals surface area contributed by atoms with E-state index in [1.54, 1.807) is 18.2 Å². The van der Waals surface area contributed by atoms with Gasteiger partial charge < -0.3 is 5.73 Å². The van der Waals surface area contributed by atoms with Crippen molar-refractivity contribution in [2.75, 3.05) is 5.73 Å². The maximum atomic E-state index is 13.5. The molecule has 2 rings (SSSR count). The number of halogens is 3. The molecule has 2 aromatic carbocycles. The Morgan fingerprint density at radius 2 is 1.71 bits per heavy atom. The molecule has 0 spiro atoms. The molecular weight excluding hydrogens is 308 g/mol. The van der Waals surface area contributed by atoms with Crippen molar-refractivity contribution in [3.8, 4) is 0 Å². The molecule has 0 fully saturated rings. The first-order valence-electron chi connectivity index (χ1n) is 4.74. The zero-order chi connectivity index (χ0) is 12.4. The number of nitrogen functional groups attached to an aromatic ring is 1. The van der Waals surface area contributed by atoms with Crippen molar-refractivity contribution in [1.29, 1.82) is 0 Å². The number of hydrogen-bond donors (Lipinski definition) is 1. The summed E-state index contributed by atoms with van der Waals surface area (Å²) in [5.41, 5.74) is 5.43.